The van der Waals surface area contributed by atoms with Crippen LogP contribution in [0.15, 0.2) is 62.0 Å². The number of H-pyrrole nitrogens is 1. The molecule has 27 heavy (non-hydrogen) atoms. The fourth-order valence-corrected chi connectivity index (χ4v) is 2.84. The van der Waals surface area contributed by atoms with Gasteiger partial charge in [0.1, 0.15) is 30.3 Å². The van der Waals surface area contributed by atoms with Gasteiger partial charge in [0.2, 0.25) is 0 Å². The summed E-state index contributed by atoms with van der Waals surface area (Å²) in [5.41, 5.74) is 3.25. The summed E-state index contributed by atoms with van der Waals surface area (Å²) in [6.07, 6.45) is 11.5. The molecule has 130 valence electrons. The van der Waals surface area contributed by atoms with E-state index in [1.807, 2.05) is 28.8 Å². The maximum absolute atomic E-state index is 4.60. The zero-order valence-electron chi connectivity index (χ0n) is 13.9. The van der Waals surface area contributed by atoms with E-state index in [4.69, 9.17) is 0 Å². The number of anilines is 2. The zero-order chi connectivity index (χ0) is 18.1. The lowest BCUT2D eigenvalue weighted by Gasteiger charge is -2.10. The number of fused-ring (bicyclic) bond motifs is 1. The molecule has 0 aliphatic rings. The topological polar surface area (TPSA) is 122 Å². The minimum absolute atomic E-state index is 0.526. The molecule has 5 aromatic rings. The summed E-state index contributed by atoms with van der Waals surface area (Å²) in [4.78, 5) is 25.4. The molecule has 5 rings (SSSR count). The van der Waals surface area contributed by atoms with Gasteiger partial charge in [-0.25, -0.2) is 29.9 Å². The number of aromatic nitrogens is 9. The predicted molar refractivity (Wildman–Crippen MR) is 96.9 cm³/mol. The molecule has 0 aliphatic carbocycles. The van der Waals surface area contributed by atoms with Gasteiger partial charge in [-0.15, -0.1) is 0 Å². The maximum atomic E-state index is 4.60. The molecule has 0 aliphatic heterocycles. The monoisotopic (exact) mass is 356 g/mol. The highest BCUT2D eigenvalue weighted by atomic mass is 15.2. The lowest BCUT2D eigenvalue weighted by Crippen LogP contribution is -2.00. The quantitative estimate of drug-likeness (QED) is 0.502. The van der Waals surface area contributed by atoms with Crippen LogP contribution in [0, 0.1) is 0 Å². The highest BCUT2D eigenvalue weighted by Crippen LogP contribution is 2.31. The average molecular weight is 356 g/mol. The first-order valence-electron chi connectivity index (χ1n) is 8.05. The first-order chi connectivity index (χ1) is 13.4. The van der Waals surface area contributed by atoms with E-state index >= 15 is 0 Å². The van der Waals surface area contributed by atoms with Gasteiger partial charge >= 0.3 is 0 Å². The van der Waals surface area contributed by atoms with E-state index in [-0.39, 0.29) is 0 Å². The number of nitrogens with one attached hydrogen (secondary N) is 2. The van der Waals surface area contributed by atoms with Gasteiger partial charge in [-0.05, 0) is 12.1 Å². The van der Waals surface area contributed by atoms with Crippen molar-refractivity contribution in [2.45, 2.75) is 0 Å². The molecular weight excluding hydrogens is 344 g/mol. The molecule has 2 N–H and O–H groups in total. The van der Waals surface area contributed by atoms with Gasteiger partial charge in [-0.1, -0.05) is 0 Å². The van der Waals surface area contributed by atoms with Crippen LogP contribution in [-0.4, -0.2) is 44.5 Å². The van der Waals surface area contributed by atoms with Gasteiger partial charge in [0.05, 0.1) is 6.20 Å². The number of pyridine rings is 1. The van der Waals surface area contributed by atoms with Gasteiger partial charge < -0.3 is 5.32 Å². The third-order valence-corrected chi connectivity index (χ3v) is 3.96. The van der Waals surface area contributed by atoms with E-state index in [0.717, 1.165) is 22.5 Å². The number of imidazole rings is 1. The Morgan fingerprint density at radius 3 is 2.52 bits per heavy atom. The molecule has 10 heteroatoms. The molecule has 0 fully saturated rings. The molecule has 10 nitrogen and oxygen atoms in total. The van der Waals surface area contributed by atoms with Crippen LogP contribution in [0.25, 0.3) is 28.3 Å². The Kier molecular flexibility index (Phi) is 3.50. The number of aromatic amines is 1. The van der Waals surface area contributed by atoms with E-state index in [0.29, 0.717) is 17.5 Å². The predicted octanol–water partition coefficient (Wildman–Crippen LogP) is 2.11. The smallest absolute Gasteiger partial charge is 0.180 e. The Morgan fingerprint density at radius 1 is 0.889 bits per heavy atom. The number of rotatable bonds is 4. The van der Waals surface area contributed by atoms with Crippen molar-refractivity contribution in [3.05, 3.63) is 62.0 Å². The Hall–Kier alpha value is -4.21. The SMILES string of the molecule is c1ncc(-c2ccc3nc(Nc4cc[nH]n4)cn3c2-c2ncncn2)cn1. The second kappa shape index (κ2) is 6.26. The summed E-state index contributed by atoms with van der Waals surface area (Å²) < 4.78 is 1.92. The van der Waals surface area contributed by atoms with Gasteiger partial charge in [0.25, 0.3) is 0 Å². The fraction of sp³-hybridized carbons (Fsp3) is 0. The summed E-state index contributed by atoms with van der Waals surface area (Å²) in [6.45, 7) is 0. The molecule has 5 aromatic heterocycles. The van der Waals surface area contributed by atoms with E-state index < -0.39 is 0 Å². The minimum atomic E-state index is 0.526. The lowest BCUT2D eigenvalue weighted by atomic mass is 10.1. The summed E-state index contributed by atoms with van der Waals surface area (Å²) in [6, 6.07) is 5.70. The van der Waals surface area contributed by atoms with Crippen molar-refractivity contribution in [2.24, 2.45) is 0 Å². The van der Waals surface area contributed by atoms with Crippen molar-refractivity contribution >= 4 is 17.3 Å². The molecular formula is C17H12N10. The minimum Gasteiger partial charge on any atom is -0.322 e. The van der Waals surface area contributed by atoms with Crippen LogP contribution >= 0.6 is 0 Å². The molecule has 0 amide bonds. The Bertz CT molecular complexity index is 1180. The molecule has 0 saturated heterocycles. The maximum Gasteiger partial charge on any atom is 0.180 e. The molecule has 0 bridgehead atoms. The van der Waals surface area contributed by atoms with Crippen LogP contribution in [0.4, 0.5) is 11.6 Å². The van der Waals surface area contributed by atoms with Crippen LogP contribution in [0.1, 0.15) is 0 Å². The molecule has 0 aromatic carbocycles. The van der Waals surface area contributed by atoms with E-state index in [9.17, 15) is 0 Å². The molecule has 0 unspecified atom stereocenters. The first-order valence-corrected chi connectivity index (χ1v) is 8.05. The lowest BCUT2D eigenvalue weighted by molar-refractivity contribution is 1.03. The van der Waals surface area contributed by atoms with Gasteiger partial charge in [-0.3, -0.25) is 9.50 Å². The molecule has 5 heterocycles. The second-order valence-electron chi connectivity index (χ2n) is 5.62. The summed E-state index contributed by atoms with van der Waals surface area (Å²) in [7, 11) is 0. The molecule has 0 radical (unpaired) electrons. The Balaban J connectivity index is 1.73. The highest BCUT2D eigenvalue weighted by Gasteiger charge is 2.16. The van der Waals surface area contributed by atoms with E-state index in [1.54, 1.807) is 18.6 Å². The Morgan fingerprint density at radius 2 is 1.74 bits per heavy atom. The van der Waals surface area contributed by atoms with Crippen LogP contribution in [0.5, 0.6) is 0 Å². The molecule has 0 spiro atoms. The fourth-order valence-electron chi connectivity index (χ4n) is 2.84. The normalized spacial score (nSPS) is 11.0. The third-order valence-electron chi connectivity index (χ3n) is 3.96. The van der Waals surface area contributed by atoms with Crippen LogP contribution in [0.2, 0.25) is 0 Å². The van der Waals surface area contributed by atoms with Crippen molar-refractivity contribution < 1.29 is 0 Å². The van der Waals surface area contributed by atoms with Gasteiger partial charge in [-0.2, -0.15) is 5.10 Å². The van der Waals surface area contributed by atoms with E-state index in [2.05, 4.69) is 45.4 Å². The summed E-state index contributed by atoms with van der Waals surface area (Å²) >= 11 is 0. The van der Waals surface area contributed by atoms with E-state index in [1.165, 1.54) is 19.0 Å². The first kappa shape index (κ1) is 15.1. The van der Waals surface area contributed by atoms with Gasteiger partial charge in [0.15, 0.2) is 17.5 Å². The number of hydrogen-bond donors (Lipinski definition) is 2. The second-order valence-corrected chi connectivity index (χ2v) is 5.62. The van der Waals surface area contributed by atoms with Crippen molar-refractivity contribution in [1.29, 1.82) is 0 Å². The van der Waals surface area contributed by atoms with Crippen molar-refractivity contribution in [3.8, 4) is 22.6 Å². The largest absolute Gasteiger partial charge is 0.322 e. The Labute approximate surface area is 152 Å². The number of nitrogens with zero attached hydrogens (tertiary/aromatic N) is 8. The zero-order valence-corrected chi connectivity index (χ0v) is 13.9. The highest BCUT2D eigenvalue weighted by molar-refractivity contribution is 5.80. The standard InChI is InChI=1S/C17H12N10/c1-2-15-25-14(24-13-3-4-23-26-13)7-27(15)16(17-21-9-20-10-22-17)12(1)11-5-18-8-19-6-11/h1-10H,(H2,23,24,26). The van der Waals surface area contributed by atoms with Crippen LogP contribution < -0.4 is 5.32 Å². The van der Waals surface area contributed by atoms with Crippen LogP contribution in [-0.2, 0) is 0 Å². The average Bonchev–Trinajstić information content (AvgIpc) is 3.38. The molecule has 0 saturated carbocycles. The molecule has 0 atom stereocenters. The van der Waals surface area contributed by atoms with Crippen molar-refractivity contribution in [1.82, 2.24) is 44.5 Å². The van der Waals surface area contributed by atoms with Crippen LogP contribution in [0.3, 0.4) is 0 Å². The third kappa shape index (κ3) is 2.74. The van der Waals surface area contributed by atoms with Crippen molar-refractivity contribution in [3.63, 3.8) is 0 Å². The van der Waals surface area contributed by atoms with Gasteiger partial charge in [0, 0.05) is 35.8 Å². The summed E-state index contributed by atoms with van der Waals surface area (Å²) in [5, 5.41) is 10.0. The summed E-state index contributed by atoms with van der Waals surface area (Å²) in [5.74, 6) is 1.86. The van der Waals surface area contributed by atoms with Crippen molar-refractivity contribution in [2.75, 3.05) is 5.32 Å². The number of hydrogen-bond acceptors (Lipinski definition) is 8.